The number of nitrogens with two attached hydrogens (primary N) is 1. The van der Waals surface area contributed by atoms with Gasteiger partial charge in [-0.05, 0) is 42.0 Å². The molecule has 0 saturated carbocycles. The summed E-state index contributed by atoms with van der Waals surface area (Å²) in [6.07, 6.45) is 0. The normalized spacial score (nSPS) is 14.1. The number of ether oxygens (including phenoxy) is 5. The number of carbonyl (C=O) groups excluding carboxylic acids is 1. The van der Waals surface area contributed by atoms with Gasteiger partial charge in [-0.25, -0.2) is 4.79 Å². The van der Waals surface area contributed by atoms with E-state index in [1.165, 1.54) is 21.3 Å². The summed E-state index contributed by atoms with van der Waals surface area (Å²) in [5, 5.41) is 17.4. The van der Waals surface area contributed by atoms with E-state index in [1.807, 2.05) is 12.1 Å². The average molecular weight is 525 g/mol. The minimum atomic E-state index is -0.679. The Bertz CT molecular complexity index is 1600. The number of nitrogens with one attached hydrogen (secondary N) is 1. The van der Waals surface area contributed by atoms with Gasteiger partial charge in [0.25, 0.3) is 0 Å². The molecule has 0 amide bonds. The molecule has 1 aliphatic heterocycles. The number of rotatable bonds is 7. The number of esters is 1. The molecule has 0 aliphatic carbocycles. The highest BCUT2D eigenvalue weighted by molar-refractivity contribution is 5.91. The van der Waals surface area contributed by atoms with Crippen molar-refractivity contribution in [1.82, 2.24) is 10.2 Å². The number of methoxy groups -OCH3 is 3. The molecule has 196 valence electrons. The third-order valence-corrected chi connectivity index (χ3v) is 6.30. The second kappa shape index (κ2) is 10.5. The third kappa shape index (κ3) is 4.57. The summed E-state index contributed by atoms with van der Waals surface area (Å²) in [6, 6.07) is 21.3. The molecule has 1 unspecified atom stereocenters. The van der Waals surface area contributed by atoms with Crippen molar-refractivity contribution in [3.63, 3.8) is 0 Å². The highest BCUT2D eigenvalue weighted by atomic mass is 16.5. The van der Waals surface area contributed by atoms with E-state index in [0.29, 0.717) is 50.9 Å². The molecule has 0 saturated heterocycles. The number of hydrogen-bond donors (Lipinski definition) is 2. The molecule has 0 radical (unpaired) electrons. The zero-order valence-corrected chi connectivity index (χ0v) is 21.3. The standard InChI is InChI=1S/C29H24N4O6/c1-35-21-13-18(14-22(36-2)26(21)37-3)25-24-23(20(15-30)27(31)39-28(24)33-32-25)17-10-7-11-19(12-17)38-29(34)16-8-5-4-6-9-16/h4-14,23H,31H2,1-3H3,(H,32,33). The van der Waals surface area contributed by atoms with Gasteiger partial charge in [-0.15, -0.1) is 5.10 Å². The predicted octanol–water partition coefficient (Wildman–Crippen LogP) is 4.54. The molecule has 4 aromatic rings. The zero-order chi connectivity index (χ0) is 27.5. The van der Waals surface area contributed by atoms with E-state index >= 15 is 0 Å². The Balaban J connectivity index is 1.62. The van der Waals surface area contributed by atoms with Gasteiger partial charge in [-0.2, -0.15) is 5.26 Å². The predicted molar refractivity (Wildman–Crippen MR) is 141 cm³/mol. The van der Waals surface area contributed by atoms with Crippen LogP contribution < -0.4 is 29.4 Å². The molecule has 3 N–H and O–H groups in total. The fourth-order valence-electron chi connectivity index (χ4n) is 4.52. The maximum atomic E-state index is 12.7. The first-order valence-electron chi connectivity index (χ1n) is 11.8. The smallest absolute Gasteiger partial charge is 0.343 e. The summed E-state index contributed by atoms with van der Waals surface area (Å²) in [5.74, 6) is 0.585. The average Bonchev–Trinajstić information content (AvgIpc) is 3.39. The number of nitrogens with zero attached hydrogens (tertiary/aromatic N) is 2. The molecule has 5 rings (SSSR count). The second-order valence-corrected chi connectivity index (χ2v) is 8.48. The quantitative estimate of drug-likeness (QED) is 0.263. The van der Waals surface area contributed by atoms with Gasteiger partial charge in [-0.1, -0.05) is 30.3 Å². The highest BCUT2D eigenvalue weighted by Gasteiger charge is 2.36. The molecule has 0 fully saturated rings. The maximum absolute atomic E-state index is 12.7. The SMILES string of the molecule is COc1cc(-c2[nH]nc3c2C(c2cccc(OC(=O)c4ccccc4)c2)C(C#N)=C(N)O3)cc(OC)c1OC. The molecule has 3 aromatic carbocycles. The van der Waals surface area contributed by atoms with Crippen molar-refractivity contribution in [2.45, 2.75) is 5.92 Å². The molecule has 1 aliphatic rings. The van der Waals surface area contributed by atoms with Gasteiger partial charge < -0.3 is 29.4 Å². The van der Waals surface area contributed by atoms with Crippen molar-refractivity contribution < 1.29 is 28.5 Å². The molecule has 1 atom stereocenters. The van der Waals surface area contributed by atoms with Gasteiger partial charge >= 0.3 is 5.97 Å². The number of nitriles is 1. The topological polar surface area (TPSA) is 142 Å². The number of aromatic amines is 1. The van der Waals surface area contributed by atoms with Gasteiger partial charge in [0, 0.05) is 5.56 Å². The van der Waals surface area contributed by atoms with Crippen LogP contribution in [0.25, 0.3) is 11.3 Å². The van der Waals surface area contributed by atoms with Crippen molar-refractivity contribution in [2.24, 2.45) is 5.73 Å². The summed E-state index contributed by atoms with van der Waals surface area (Å²) in [7, 11) is 4.57. The number of H-pyrrole nitrogens is 1. The van der Waals surface area contributed by atoms with Crippen LogP contribution in [0, 0.1) is 11.3 Å². The van der Waals surface area contributed by atoms with Crippen molar-refractivity contribution in [3.8, 4) is 46.2 Å². The molecule has 2 heterocycles. The molecule has 10 heteroatoms. The van der Waals surface area contributed by atoms with Crippen LogP contribution in [0.1, 0.15) is 27.4 Å². The van der Waals surface area contributed by atoms with Crippen molar-refractivity contribution in [1.29, 1.82) is 5.26 Å². The molecule has 0 bridgehead atoms. The molecule has 10 nitrogen and oxygen atoms in total. The minimum Gasteiger partial charge on any atom is -0.493 e. The highest BCUT2D eigenvalue weighted by Crippen LogP contribution is 2.48. The zero-order valence-electron chi connectivity index (χ0n) is 21.3. The summed E-state index contributed by atoms with van der Waals surface area (Å²) >= 11 is 0. The van der Waals surface area contributed by atoms with Gasteiger partial charge in [0.2, 0.25) is 17.5 Å². The van der Waals surface area contributed by atoms with E-state index in [4.69, 9.17) is 29.4 Å². The lowest BCUT2D eigenvalue weighted by molar-refractivity contribution is 0.0734. The van der Waals surface area contributed by atoms with E-state index < -0.39 is 11.9 Å². The lowest BCUT2D eigenvalue weighted by atomic mass is 9.83. The lowest BCUT2D eigenvalue weighted by Crippen LogP contribution is -2.21. The number of aromatic nitrogens is 2. The van der Waals surface area contributed by atoms with Crippen molar-refractivity contribution >= 4 is 5.97 Å². The second-order valence-electron chi connectivity index (χ2n) is 8.48. The first-order chi connectivity index (χ1) is 19.0. The molecular weight excluding hydrogens is 500 g/mol. The van der Waals surface area contributed by atoms with Crippen molar-refractivity contribution in [3.05, 3.63) is 94.9 Å². The number of benzene rings is 3. The first kappa shape index (κ1) is 25.2. The monoisotopic (exact) mass is 524 g/mol. The molecule has 39 heavy (non-hydrogen) atoms. The Morgan fingerprint density at radius 1 is 1.00 bits per heavy atom. The Labute approximate surface area is 224 Å². The van der Waals surface area contributed by atoms with Gasteiger partial charge in [0.05, 0.1) is 44.1 Å². The van der Waals surface area contributed by atoms with Crippen LogP contribution in [-0.2, 0) is 0 Å². The van der Waals surface area contributed by atoms with Crippen LogP contribution in [0.4, 0.5) is 0 Å². The first-order valence-corrected chi connectivity index (χ1v) is 11.8. The number of hydrogen-bond acceptors (Lipinski definition) is 9. The third-order valence-electron chi connectivity index (χ3n) is 6.30. The maximum Gasteiger partial charge on any atom is 0.343 e. The Morgan fingerprint density at radius 3 is 2.36 bits per heavy atom. The van der Waals surface area contributed by atoms with Crippen molar-refractivity contribution in [2.75, 3.05) is 21.3 Å². The van der Waals surface area contributed by atoms with E-state index in [1.54, 1.807) is 54.6 Å². The van der Waals surface area contributed by atoms with Crippen LogP contribution in [0.15, 0.2) is 78.2 Å². The molecule has 0 spiro atoms. The summed E-state index contributed by atoms with van der Waals surface area (Å²) < 4.78 is 27.8. The van der Waals surface area contributed by atoms with Crippen LogP contribution in [-0.4, -0.2) is 37.5 Å². The number of allylic oxidation sites excluding steroid dienone is 1. The fraction of sp³-hybridized carbons (Fsp3) is 0.138. The largest absolute Gasteiger partial charge is 0.493 e. The summed E-state index contributed by atoms with van der Waals surface area (Å²) in [4.78, 5) is 12.7. The van der Waals surface area contributed by atoms with E-state index in [2.05, 4.69) is 16.3 Å². The van der Waals surface area contributed by atoms with Gasteiger partial charge in [0.15, 0.2) is 11.5 Å². The van der Waals surface area contributed by atoms with E-state index in [0.717, 1.165) is 0 Å². The van der Waals surface area contributed by atoms with Gasteiger partial charge in [-0.3, -0.25) is 5.10 Å². The van der Waals surface area contributed by atoms with Gasteiger partial charge in [0.1, 0.15) is 17.4 Å². The van der Waals surface area contributed by atoms with Crippen LogP contribution in [0.5, 0.6) is 28.9 Å². The van der Waals surface area contributed by atoms with Crippen LogP contribution in [0.3, 0.4) is 0 Å². The van der Waals surface area contributed by atoms with Crippen LogP contribution in [0.2, 0.25) is 0 Å². The molecular formula is C29H24N4O6. The Morgan fingerprint density at radius 2 is 1.72 bits per heavy atom. The van der Waals surface area contributed by atoms with Crippen LogP contribution >= 0.6 is 0 Å². The Hall–Kier alpha value is -5.43. The minimum absolute atomic E-state index is 0.0652. The lowest BCUT2D eigenvalue weighted by Gasteiger charge is -2.24. The summed E-state index contributed by atoms with van der Waals surface area (Å²) in [5.41, 5.74) is 9.16. The molecule has 1 aromatic heterocycles. The van der Waals surface area contributed by atoms with E-state index in [-0.39, 0.29) is 17.3 Å². The number of fused-ring (bicyclic) bond motifs is 1. The fourth-order valence-corrected chi connectivity index (χ4v) is 4.52. The summed E-state index contributed by atoms with van der Waals surface area (Å²) in [6.45, 7) is 0. The number of carbonyl (C=O) groups is 1. The van der Waals surface area contributed by atoms with E-state index in [9.17, 15) is 10.1 Å². The Kier molecular flexibility index (Phi) is 6.80.